The lowest BCUT2D eigenvalue weighted by molar-refractivity contribution is -0.139. The maximum Gasteiger partial charge on any atom is 0.341 e. The molecular weight excluding hydrogens is 330 g/mol. The molecule has 2 unspecified atom stereocenters. The number of hydrogen-bond acceptors (Lipinski definition) is 4. The number of benzene rings is 2. The average Bonchev–Trinajstić information content (AvgIpc) is 2.66. The molecule has 2 aromatic carbocycles. The number of aryl methyl sites for hydroxylation is 1. The van der Waals surface area contributed by atoms with Crippen molar-refractivity contribution in [2.45, 2.75) is 25.4 Å². The van der Waals surface area contributed by atoms with Crippen LogP contribution in [-0.2, 0) is 17.6 Å². The van der Waals surface area contributed by atoms with Crippen LogP contribution in [0.15, 0.2) is 48.5 Å². The van der Waals surface area contributed by atoms with E-state index >= 15 is 0 Å². The van der Waals surface area contributed by atoms with Gasteiger partial charge in [0, 0.05) is 6.54 Å². The van der Waals surface area contributed by atoms with Crippen LogP contribution in [0.2, 0.25) is 0 Å². The Balaban J connectivity index is 1.49. The SMILES string of the molecule is O=C(O)COc1ccc2c(c1)CC(CNCC(O)c1ccccc1)CC2. The second-order valence-electron chi connectivity index (χ2n) is 6.81. The Hall–Kier alpha value is -2.37. The van der Waals surface area contributed by atoms with Gasteiger partial charge in [0.2, 0.25) is 0 Å². The molecule has 138 valence electrons. The van der Waals surface area contributed by atoms with E-state index in [4.69, 9.17) is 9.84 Å². The summed E-state index contributed by atoms with van der Waals surface area (Å²) >= 11 is 0. The van der Waals surface area contributed by atoms with Crippen molar-refractivity contribution in [3.8, 4) is 5.75 Å². The standard InChI is InChI=1S/C21H25NO4/c23-20(17-4-2-1-3-5-17)13-22-12-15-6-7-16-8-9-19(11-18(16)10-15)26-14-21(24)25/h1-5,8-9,11,15,20,22-23H,6-7,10,12-14H2,(H,24,25). The van der Waals surface area contributed by atoms with Crippen LogP contribution in [-0.4, -0.2) is 35.9 Å². The zero-order valence-electron chi connectivity index (χ0n) is 14.7. The lowest BCUT2D eigenvalue weighted by Crippen LogP contribution is -2.30. The van der Waals surface area contributed by atoms with Crippen molar-refractivity contribution in [2.24, 2.45) is 5.92 Å². The topological polar surface area (TPSA) is 78.8 Å². The molecule has 0 aromatic heterocycles. The first kappa shape index (κ1) is 18.4. The Morgan fingerprint density at radius 2 is 2.00 bits per heavy atom. The minimum Gasteiger partial charge on any atom is -0.482 e. The number of aliphatic hydroxyl groups is 1. The van der Waals surface area contributed by atoms with Gasteiger partial charge in [-0.25, -0.2) is 4.79 Å². The number of fused-ring (bicyclic) bond motifs is 1. The van der Waals surface area contributed by atoms with Crippen molar-refractivity contribution in [1.29, 1.82) is 0 Å². The summed E-state index contributed by atoms with van der Waals surface area (Å²) in [5, 5.41) is 22.3. The van der Waals surface area contributed by atoms with Crippen LogP contribution < -0.4 is 10.1 Å². The van der Waals surface area contributed by atoms with E-state index < -0.39 is 12.1 Å². The van der Waals surface area contributed by atoms with Crippen molar-refractivity contribution < 1.29 is 19.7 Å². The third-order valence-corrected chi connectivity index (χ3v) is 4.83. The Labute approximate surface area is 153 Å². The van der Waals surface area contributed by atoms with Crippen LogP contribution in [0.5, 0.6) is 5.75 Å². The molecule has 5 heteroatoms. The number of aliphatic carboxylic acids is 1. The van der Waals surface area contributed by atoms with Crippen molar-refractivity contribution >= 4 is 5.97 Å². The maximum atomic E-state index is 10.6. The minimum absolute atomic E-state index is 0.318. The molecule has 0 spiro atoms. The number of rotatable bonds is 8. The highest BCUT2D eigenvalue weighted by atomic mass is 16.5. The third-order valence-electron chi connectivity index (χ3n) is 4.83. The van der Waals surface area contributed by atoms with Crippen LogP contribution in [0.25, 0.3) is 0 Å². The molecule has 1 aliphatic carbocycles. The molecule has 1 aliphatic rings. The first-order valence-corrected chi connectivity index (χ1v) is 9.02. The van der Waals surface area contributed by atoms with Gasteiger partial charge in [-0.2, -0.15) is 0 Å². The van der Waals surface area contributed by atoms with Crippen molar-refractivity contribution in [3.63, 3.8) is 0 Å². The molecule has 0 radical (unpaired) electrons. The molecule has 0 fully saturated rings. The Morgan fingerprint density at radius 3 is 2.77 bits per heavy atom. The zero-order chi connectivity index (χ0) is 18.4. The molecule has 2 atom stereocenters. The van der Waals surface area contributed by atoms with E-state index in [0.29, 0.717) is 18.2 Å². The van der Waals surface area contributed by atoms with Crippen LogP contribution in [0.3, 0.4) is 0 Å². The van der Waals surface area contributed by atoms with Gasteiger partial charge in [0.1, 0.15) is 5.75 Å². The van der Waals surface area contributed by atoms with Crippen molar-refractivity contribution in [2.75, 3.05) is 19.7 Å². The average molecular weight is 355 g/mol. The molecule has 0 saturated heterocycles. The molecule has 26 heavy (non-hydrogen) atoms. The molecule has 2 aromatic rings. The fourth-order valence-electron chi connectivity index (χ4n) is 3.44. The predicted molar refractivity (Wildman–Crippen MR) is 99.4 cm³/mol. The lowest BCUT2D eigenvalue weighted by atomic mass is 9.83. The third kappa shape index (κ3) is 5.07. The van der Waals surface area contributed by atoms with Crippen LogP contribution in [0.4, 0.5) is 0 Å². The highest BCUT2D eigenvalue weighted by Gasteiger charge is 2.19. The van der Waals surface area contributed by atoms with Gasteiger partial charge in [-0.3, -0.25) is 0 Å². The van der Waals surface area contributed by atoms with Crippen molar-refractivity contribution in [3.05, 3.63) is 65.2 Å². The molecule has 3 rings (SSSR count). The first-order chi connectivity index (χ1) is 12.6. The fourth-order valence-corrected chi connectivity index (χ4v) is 3.44. The Kier molecular flexibility index (Phi) is 6.26. The zero-order valence-corrected chi connectivity index (χ0v) is 14.7. The highest BCUT2D eigenvalue weighted by molar-refractivity contribution is 5.68. The molecular formula is C21H25NO4. The quantitative estimate of drug-likeness (QED) is 0.678. The second kappa shape index (κ2) is 8.83. The maximum absolute atomic E-state index is 10.6. The van der Waals surface area contributed by atoms with Gasteiger partial charge in [-0.15, -0.1) is 0 Å². The van der Waals surface area contributed by atoms with Gasteiger partial charge in [0.05, 0.1) is 6.10 Å². The molecule has 0 amide bonds. The van der Waals surface area contributed by atoms with E-state index in [2.05, 4.69) is 5.32 Å². The number of ether oxygens (including phenoxy) is 1. The molecule has 0 saturated carbocycles. The van der Waals surface area contributed by atoms with E-state index in [1.54, 1.807) is 0 Å². The van der Waals surface area contributed by atoms with Gasteiger partial charge in [0.15, 0.2) is 6.61 Å². The number of hydrogen-bond donors (Lipinski definition) is 3. The summed E-state index contributed by atoms with van der Waals surface area (Å²) in [5.74, 6) is 0.140. The van der Waals surface area contributed by atoms with E-state index in [1.165, 1.54) is 11.1 Å². The van der Waals surface area contributed by atoms with Gasteiger partial charge in [0.25, 0.3) is 0 Å². The molecule has 5 nitrogen and oxygen atoms in total. The molecule has 0 bridgehead atoms. The van der Waals surface area contributed by atoms with E-state index in [-0.39, 0.29) is 6.61 Å². The van der Waals surface area contributed by atoms with Gasteiger partial charge in [-0.1, -0.05) is 36.4 Å². The summed E-state index contributed by atoms with van der Waals surface area (Å²) in [4.78, 5) is 10.6. The number of carbonyl (C=O) groups is 1. The molecule has 0 heterocycles. The fraction of sp³-hybridized carbons (Fsp3) is 0.381. The predicted octanol–water partition coefficient (Wildman–Crippen LogP) is 2.58. The Bertz CT molecular complexity index is 732. The van der Waals surface area contributed by atoms with Gasteiger partial charge in [-0.05, 0) is 60.5 Å². The molecule has 0 aliphatic heterocycles. The first-order valence-electron chi connectivity index (χ1n) is 9.02. The van der Waals surface area contributed by atoms with Crippen LogP contribution in [0, 0.1) is 5.92 Å². The minimum atomic E-state index is -0.971. The van der Waals surface area contributed by atoms with Crippen molar-refractivity contribution in [1.82, 2.24) is 5.32 Å². The monoisotopic (exact) mass is 355 g/mol. The number of carboxylic acids is 1. The summed E-state index contributed by atoms with van der Waals surface area (Å²) in [7, 11) is 0. The van der Waals surface area contributed by atoms with Crippen LogP contribution in [0.1, 0.15) is 29.2 Å². The summed E-state index contributed by atoms with van der Waals surface area (Å²) in [6.45, 7) is 1.07. The Morgan fingerprint density at radius 1 is 1.19 bits per heavy atom. The number of carboxylic acid groups (broad SMARTS) is 1. The number of aliphatic hydroxyl groups excluding tert-OH is 1. The van der Waals surface area contributed by atoms with E-state index in [0.717, 1.165) is 31.4 Å². The number of nitrogens with one attached hydrogen (secondary N) is 1. The normalized spacial score (nSPS) is 17.3. The lowest BCUT2D eigenvalue weighted by Gasteiger charge is -2.26. The summed E-state index contributed by atoms with van der Waals surface area (Å²) in [6, 6.07) is 15.5. The van der Waals surface area contributed by atoms with Gasteiger partial charge >= 0.3 is 5.97 Å². The molecule has 3 N–H and O–H groups in total. The summed E-state index contributed by atoms with van der Waals surface area (Å²) < 4.78 is 5.28. The summed E-state index contributed by atoms with van der Waals surface area (Å²) in [6.07, 6.45) is 2.57. The van der Waals surface area contributed by atoms with E-state index in [1.807, 2.05) is 48.5 Å². The smallest absolute Gasteiger partial charge is 0.341 e. The van der Waals surface area contributed by atoms with E-state index in [9.17, 15) is 9.90 Å². The highest BCUT2D eigenvalue weighted by Crippen LogP contribution is 2.28. The summed E-state index contributed by atoms with van der Waals surface area (Å²) in [5.41, 5.74) is 3.47. The van der Waals surface area contributed by atoms with Gasteiger partial charge < -0.3 is 20.3 Å². The second-order valence-corrected chi connectivity index (χ2v) is 6.81. The largest absolute Gasteiger partial charge is 0.482 e. The van der Waals surface area contributed by atoms with Crippen LogP contribution >= 0.6 is 0 Å².